The van der Waals surface area contributed by atoms with Crippen molar-refractivity contribution in [3.05, 3.63) is 11.7 Å². The van der Waals surface area contributed by atoms with E-state index in [0.717, 1.165) is 50.9 Å². The van der Waals surface area contributed by atoms with Crippen molar-refractivity contribution < 1.29 is 18.9 Å². The predicted molar refractivity (Wildman–Crippen MR) is 109 cm³/mol. The first kappa shape index (κ1) is 25.1. The zero-order valence-corrected chi connectivity index (χ0v) is 17.9. The van der Waals surface area contributed by atoms with Gasteiger partial charge in [0, 0.05) is 13.5 Å². The molecule has 0 spiro atoms. The summed E-state index contributed by atoms with van der Waals surface area (Å²) in [6, 6.07) is 0. The molecule has 0 aliphatic heterocycles. The van der Waals surface area contributed by atoms with E-state index in [1.807, 2.05) is 0 Å². The maximum absolute atomic E-state index is 6.01. The molecule has 0 radical (unpaired) electrons. The van der Waals surface area contributed by atoms with E-state index in [1.165, 1.54) is 44.9 Å². The van der Waals surface area contributed by atoms with Crippen LogP contribution in [0.15, 0.2) is 11.7 Å². The number of rotatable bonds is 20. The summed E-state index contributed by atoms with van der Waals surface area (Å²) in [5.41, 5.74) is 0. The number of ether oxygens (including phenoxy) is 4. The second-order valence-corrected chi connectivity index (χ2v) is 6.89. The van der Waals surface area contributed by atoms with E-state index in [9.17, 15) is 0 Å². The highest BCUT2D eigenvalue weighted by atomic mass is 16.7. The maximum atomic E-state index is 6.01. The van der Waals surface area contributed by atoms with E-state index in [-0.39, 0.29) is 6.79 Å². The standard InChI is InChI=1S/C22H44O4/c1-5-8-11-12-13-14-15-16-17-21(24-18-9-6-2)22(26-20-23-4)25-19-10-7-3/h5-20H2,1-4H3. The molecular weight excluding hydrogens is 328 g/mol. The molecule has 0 aromatic carbocycles. The normalized spacial score (nSPS) is 12.0. The van der Waals surface area contributed by atoms with Crippen LogP contribution < -0.4 is 0 Å². The summed E-state index contributed by atoms with van der Waals surface area (Å²) in [5, 5.41) is 0. The van der Waals surface area contributed by atoms with E-state index in [0.29, 0.717) is 12.6 Å². The van der Waals surface area contributed by atoms with Crippen molar-refractivity contribution in [2.45, 2.75) is 104 Å². The number of unbranched alkanes of at least 4 members (excludes halogenated alkanes) is 9. The van der Waals surface area contributed by atoms with Gasteiger partial charge in [-0.05, 0) is 19.3 Å². The Morgan fingerprint density at radius 1 is 0.577 bits per heavy atom. The van der Waals surface area contributed by atoms with Crippen molar-refractivity contribution in [1.82, 2.24) is 0 Å². The average Bonchev–Trinajstić information content (AvgIpc) is 2.65. The summed E-state index contributed by atoms with van der Waals surface area (Å²) in [6.07, 6.45) is 15.6. The van der Waals surface area contributed by atoms with Gasteiger partial charge in [-0.15, -0.1) is 0 Å². The Labute approximate surface area is 162 Å². The molecule has 0 amide bonds. The molecule has 26 heavy (non-hydrogen) atoms. The van der Waals surface area contributed by atoms with Gasteiger partial charge >= 0.3 is 5.95 Å². The summed E-state index contributed by atoms with van der Waals surface area (Å²) in [4.78, 5) is 0. The van der Waals surface area contributed by atoms with Crippen LogP contribution in [0.25, 0.3) is 0 Å². The predicted octanol–water partition coefficient (Wildman–Crippen LogP) is 6.94. The van der Waals surface area contributed by atoms with Gasteiger partial charge < -0.3 is 18.9 Å². The zero-order valence-electron chi connectivity index (χ0n) is 17.9. The molecule has 0 fully saturated rings. The quantitative estimate of drug-likeness (QED) is 0.132. The molecule has 0 saturated heterocycles. The summed E-state index contributed by atoms with van der Waals surface area (Å²) < 4.78 is 22.6. The molecule has 4 heteroatoms. The highest BCUT2D eigenvalue weighted by Crippen LogP contribution is 2.20. The molecule has 0 bridgehead atoms. The minimum Gasteiger partial charge on any atom is -0.491 e. The number of methoxy groups -OCH3 is 1. The van der Waals surface area contributed by atoms with Crippen LogP contribution in [0.1, 0.15) is 104 Å². The van der Waals surface area contributed by atoms with E-state index in [2.05, 4.69) is 20.8 Å². The van der Waals surface area contributed by atoms with Crippen LogP contribution in [0.5, 0.6) is 0 Å². The Bertz CT molecular complexity index is 315. The van der Waals surface area contributed by atoms with E-state index >= 15 is 0 Å². The summed E-state index contributed by atoms with van der Waals surface area (Å²) >= 11 is 0. The van der Waals surface area contributed by atoms with E-state index in [4.69, 9.17) is 18.9 Å². The first-order chi connectivity index (χ1) is 12.8. The Kier molecular flexibility index (Phi) is 19.7. The second-order valence-electron chi connectivity index (χ2n) is 6.89. The molecule has 0 aromatic rings. The molecule has 0 heterocycles. The molecule has 0 atom stereocenters. The summed E-state index contributed by atoms with van der Waals surface area (Å²) in [5.74, 6) is 1.39. The smallest absolute Gasteiger partial charge is 0.321 e. The fourth-order valence-electron chi connectivity index (χ4n) is 2.62. The van der Waals surface area contributed by atoms with Gasteiger partial charge in [-0.1, -0.05) is 78.6 Å². The van der Waals surface area contributed by atoms with Gasteiger partial charge in [-0.25, -0.2) is 0 Å². The minimum absolute atomic E-state index is 0.194. The summed E-state index contributed by atoms with van der Waals surface area (Å²) in [6.45, 7) is 8.17. The highest BCUT2D eigenvalue weighted by Gasteiger charge is 2.12. The third-order valence-electron chi connectivity index (χ3n) is 4.30. The SMILES string of the molecule is CCCCCCCCCCC(OCCCC)=C(OCCCC)OCOC. The van der Waals surface area contributed by atoms with E-state index in [1.54, 1.807) is 7.11 Å². The number of allylic oxidation sites excluding steroid dienone is 1. The first-order valence-electron chi connectivity index (χ1n) is 10.9. The third-order valence-corrected chi connectivity index (χ3v) is 4.30. The van der Waals surface area contributed by atoms with Gasteiger partial charge in [-0.3, -0.25) is 0 Å². The highest BCUT2D eigenvalue weighted by molar-refractivity contribution is 4.95. The Balaban J connectivity index is 4.43. The van der Waals surface area contributed by atoms with E-state index < -0.39 is 0 Å². The van der Waals surface area contributed by atoms with Gasteiger partial charge in [0.1, 0.15) is 0 Å². The van der Waals surface area contributed by atoms with Gasteiger partial charge in [0.15, 0.2) is 12.6 Å². The third kappa shape index (κ3) is 15.4. The van der Waals surface area contributed by atoms with Gasteiger partial charge in [0.25, 0.3) is 0 Å². The summed E-state index contributed by atoms with van der Waals surface area (Å²) in [7, 11) is 1.62. The molecule has 0 aromatic heterocycles. The molecule has 0 rings (SSSR count). The largest absolute Gasteiger partial charge is 0.491 e. The molecule has 0 aliphatic rings. The van der Waals surface area contributed by atoms with Crippen molar-refractivity contribution in [3.8, 4) is 0 Å². The van der Waals surface area contributed by atoms with Gasteiger partial charge in [0.2, 0.25) is 0 Å². The van der Waals surface area contributed by atoms with Crippen LogP contribution >= 0.6 is 0 Å². The fourth-order valence-corrected chi connectivity index (χ4v) is 2.62. The number of hydrogen-bond acceptors (Lipinski definition) is 4. The lowest BCUT2D eigenvalue weighted by molar-refractivity contribution is -0.0690. The van der Waals surface area contributed by atoms with Gasteiger partial charge in [-0.2, -0.15) is 0 Å². The minimum atomic E-state index is 0.194. The Hall–Kier alpha value is -0.900. The monoisotopic (exact) mass is 372 g/mol. The van der Waals surface area contributed by atoms with Crippen LogP contribution in [-0.4, -0.2) is 27.1 Å². The Morgan fingerprint density at radius 3 is 1.69 bits per heavy atom. The molecule has 0 saturated carbocycles. The molecule has 156 valence electrons. The van der Waals surface area contributed by atoms with Crippen molar-refractivity contribution in [2.24, 2.45) is 0 Å². The van der Waals surface area contributed by atoms with Crippen LogP contribution in [-0.2, 0) is 18.9 Å². The maximum Gasteiger partial charge on any atom is 0.321 e. The average molecular weight is 373 g/mol. The molecule has 0 aliphatic carbocycles. The lowest BCUT2D eigenvalue weighted by atomic mass is 10.1. The van der Waals surface area contributed by atoms with Crippen molar-refractivity contribution >= 4 is 0 Å². The fraction of sp³-hybridized carbons (Fsp3) is 0.909. The van der Waals surface area contributed by atoms with Crippen LogP contribution in [0.3, 0.4) is 0 Å². The molecule has 4 nitrogen and oxygen atoms in total. The zero-order chi connectivity index (χ0) is 19.3. The topological polar surface area (TPSA) is 36.9 Å². The lowest BCUT2D eigenvalue weighted by Crippen LogP contribution is -2.09. The van der Waals surface area contributed by atoms with Crippen molar-refractivity contribution in [3.63, 3.8) is 0 Å². The van der Waals surface area contributed by atoms with Crippen LogP contribution in [0.2, 0.25) is 0 Å². The van der Waals surface area contributed by atoms with Crippen molar-refractivity contribution in [1.29, 1.82) is 0 Å². The molecule has 0 N–H and O–H groups in total. The second kappa shape index (κ2) is 20.4. The number of hydrogen-bond donors (Lipinski definition) is 0. The Morgan fingerprint density at radius 2 is 1.12 bits per heavy atom. The lowest BCUT2D eigenvalue weighted by Gasteiger charge is -2.17. The van der Waals surface area contributed by atoms with Gasteiger partial charge in [0.05, 0.1) is 13.2 Å². The molecule has 0 unspecified atom stereocenters. The van der Waals surface area contributed by atoms with Crippen LogP contribution in [0.4, 0.5) is 0 Å². The van der Waals surface area contributed by atoms with Crippen LogP contribution in [0, 0.1) is 0 Å². The van der Waals surface area contributed by atoms with Crippen molar-refractivity contribution in [2.75, 3.05) is 27.1 Å². The first-order valence-corrected chi connectivity index (χ1v) is 10.9. The molecular formula is C22H44O4.